The molecular weight excluding hydrogens is 372 g/mol. The Hall–Kier alpha value is -2.04. The van der Waals surface area contributed by atoms with Gasteiger partial charge in [-0.05, 0) is 75.2 Å². The largest absolute Gasteiger partial charge is 0.491 e. The Morgan fingerprint density at radius 3 is 2.54 bits per heavy atom. The van der Waals surface area contributed by atoms with E-state index in [-0.39, 0.29) is 17.9 Å². The van der Waals surface area contributed by atoms with E-state index in [1.54, 1.807) is 0 Å². The first-order valence-electron chi connectivity index (χ1n) is 9.99. The highest BCUT2D eigenvalue weighted by Crippen LogP contribution is 2.21. The van der Waals surface area contributed by atoms with E-state index in [1.165, 1.54) is 5.56 Å². The summed E-state index contributed by atoms with van der Waals surface area (Å²) < 4.78 is 5.72. The SMILES string of the molecule is CC(C)Oc1cccc(CNC(=O)C2CCN(Cc3ccc(Cl)cc3)CC2)c1. The van der Waals surface area contributed by atoms with Crippen LogP contribution in [0.5, 0.6) is 5.75 Å². The van der Waals surface area contributed by atoms with E-state index in [4.69, 9.17) is 16.3 Å². The van der Waals surface area contributed by atoms with E-state index in [1.807, 2.05) is 50.2 Å². The number of amides is 1. The normalized spacial score (nSPS) is 15.6. The number of benzene rings is 2. The number of nitrogens with one attached hydrogen (secondary N) is 1. The van der Waals surface area contributed by atoms with Gasteiger partial charge >= 0.3 is 0 Å². The lowest BCUT2D eigenvalue weighted by Crippen LogP contribution is -2.40. The molecule has 1 amide bonds. The molecule has 1 saturated heterocycles. The Morgan fingerprint density at radius 1 is 1.14 bits per heavy atom. The Labute approximate surface area is 172 Å². The maximum atomic E-state index is 12.6. The molecule has 1 heterocycles. The molecule has 0 aliphatic carbocycles. The summed E-state index contributed by atoms with van der Waals surface area (Å²) in [6.45, 7) is 7.35. The van der Waals surface area contributed by atoms with Gasteiger partial charge in [-0.2, -0.15) is 0 Å². The number of hydrogen-bond acceptors (Lipinski definition) is 3. The average molecular weight is 401 g/mol. The van der Waals surface area contributed by atoms with Crippen LogP contribution in [0.2, 0.25) is 5.02 Å². The molecule has 5 heteroatoms. The standard InChI is InChI=1S/C23H29ClN2O2/c1-17(2)28-22-5-3-4-19(14-22)15-25-23(27)20-10-12-26(13-11-20)16-18-6-8-21(24)9-7-18/h3-9,14,17,20H,10-13,15-16H2,1-2H3,(H,25,27). The number of likely N-dealkylation sites (tertiary alicyclic amines) is 1. The topological polar surface area (TPSA) is 41.6 Å². The number of nitrogens with zero attached hydrogens (tertiary/aromatic N) is 1. The van der Waals surface area contributed by atoms with Gasteiger partial charge in [0.1, 0.15) is 5.75 Å². The summed E-state index contributed by atoms with van der Waals surface area (Å²) in [5.41, 5.74) is 2.32. The van der Waals surface area contributed by atoms with Crippen molar-refractivity contribution in [2.24, 2.45) is 5.92 Å². The summed E-state index contributed by atoms with van der Waals surface area (Å²) in [7, 11) is 0. The maximum absolute atomic E-state index is 12.6. The molecule has 3 rings (SSSR count). The van der Waals surface area contributed by atoms with Crippen molar-refractivity contribution in [3.8, 4) is 5.75 Å². The third-order valence-corrected chi connectivity index (χ3v) is 5.27. The van der Waals surface area contributed by atoms with Gasteiger partial charge < -0.3 is 10.1 Å². The zero-order chi connectivity index (χ0) is 19.9. The fraction of sp³-hybridized carbons (Fsp3) is 0.435. The molecule has 0 bridgehead atoms. The second-order valence-electron chi connectivity index (χ2n) is 7.71. The van der Waals surface area contributed by atoms with Crippen LogP contribution in [0.4, 0.5) is 0 Å². The Kier molecular flexibility index (Phi) is 7.35. The van der Waals surface area contributed by atoms with Gasteiger partial charge in [0.2, 0.25) is 5.91 Å². The monoisotopic (exact) mass is 400 g/mol. The van der Waals surface area contributed by atoms with Gasteiger partial charge in [-0.25, -0.2) is 0 Å². The molecule has 1 aliphatic rings. The molecule has 28 heavy (non-hydrogen) atoms. The molecule has 0 aromatic heterocycles. The minimum atomic E-state index is 0.0940. The first kappa shape index (κ1) is 20.7. The fourth-order valence-electron chi connectivity index (χ4n) is 3.54. The summed E-state index contributed by atoms with van der Waals surface area (Å²) in [5.74, 6) is 1.09. The van der Waals surface area contributed by atoms with Gasteiger partial charge in [-0.15, -0.1) is 0 Å². The first-order valence-corrected chi connectivity index (χ1v) is 10.4. The van der Waals surface area contributed by atoms with E-state index in [2.05, 4.69) is 22.3 Å². The van der Waals surface area contributed by atoms with Crippen molar-refractivity contribution in [1.29, 1.82) is 0 Å². The molecule has 0 spiro atoms. The summed E-state index contributed by atoms with van der Waals surface area (Å²) >= 11 is 5.95. The second-order valence-corrected chi connectivity index (χ2v) is 8.15. The van der Waals surface area contributed by atoms with Crippen molar-refractivity contribution < 1.29 is 9.53 Å². The first-order chi connectivity index (χ1) is 13.5. The highest BCUT2D eigenvalue weighted by atomic mass is 35.5. The predicted octanol–water partition coefficient (Wildman–Crippen LogP) is 4.66. The molecule has 0 radical (unpaired) electrons. The molecule has 0 atom stereocenters. The fourth-order valence-corrected chi connectivity index (χ4v) is 3.66. The number of ether oxygens (including phenoxy) is 1. The van der Waals surface area contributed by atoms with Gasteiger partial charge in [0.25, 0.3) is 0 Å². The minimum absolute atomic E-state index is 0.0940. The number of carbonyl (C=O) groups excluding carboxylic acids is 1. The Bertz CT molecular complexity index is 768. The molecule has 4 nitrogen and oxygen atoms in total. The van der Waals surface area contributed by atoms with Crippen molar-refractivity contribution in [2.45, 2.75) is 45.9 Å². The van der Waals surface area contributed by atoms with Crippen molar-refractivity contribution in [1.82, 2.24) is 10.2 Å². The smallest absolute Gasteiger partial charge is 0.223 e. The van der Waals surface area contributed by atoms with Crippen molar-refractivity contribution in [3.63, 3.8) is 0 Å². The van der Waals surface area contributed by atoms with Crippen molar-refractivity contribution in [2.75, 3.05) is 13.1 Å². The Balaban J connectivity index is 1.43. The van der Waals surface area contributed by atoms with Crippen LogP contribution in [-0.2, 0) is 17.9 Å². The maximum Gasteiger partial charge on any atom is 0.223 e. The summed E-state index contributed by atoms with van der Waals surface area (Å²) in [6.07, 6.45) is 1.94. The number of carbonyl (C=O) groups is 1. The van der Waals surface area contributed by atoms with Crippen LogP contribution in [0.3, 0.4) is 0 Å². The van der Waals surface area contributed by atoms with Gasteiger partial charge in [-0.1, -0.05) is 35.9 Å². The number of piperidine rings is 1. The molecular formula is C23H29ClN2O2. The summed E-state index contributed by atoms with van der Waals surface area (Å²) in [4.78, 5) is 15.0. The lowest BCUT2D eigenvalue weighted by molar-refractivity contribution is -0.126. The zero-order valence-corrected chi connectivity index (χ0v) is 17.4. The molecule has 2 aromatic rings. The molecule has 1 aliphatic heterocycles. The van der Waals surface area contributed by atoms with Crippen LogP contribution < -0.4 is 10.1 Å². The van der Waals surface area contributed by atoms with Gasteiger partial charge in [0.05, 0.1) is 6.10 Å². The third-order valence-electron chi connectivity index (χ3n) is 5.01. The summed E-state index contributed by atoms with van der Waals surface area (Å²) in [5, 5.41) is 3.86. The van der Waals surface area contributed by atoms with E-state index in [0.717, 1.165) is 48.8 Å². The highest BCUT2D eigenvalue weighted by molar-refractivity contribution is 6.30. The third kappa shape index (κ3) is 6.25. The van der Waals surface area contributed by atoms with E-state index in [9.17, 15) is 4.79 Å². The minimum Gasteiger partial charge on any atom is -0.491 e. The highest BCUT2D eigenvalue weighted by Gasteiger charge is 2.24. The average Bonchev–Trinajstić information content (AvgIpc) is 2.68. The second kappa shape index (κ2) is 9.94. The van der Waals surface area contributed by atoms with Crippen LogP contribution in [0.15, 0.2) is 48.5 Å². The van der Waals surface area contributed by atoms with Gasteiger partial charge in [0.15, 0.2) is 0 Å². The van der Waals surface area contributed by atoms with E-state index >= 15 is 0 Å². The predicted molar refractivity (Wildman–Crippen MR) is 114 cm³/mol. The summed E-state index contributed by atoms with van der Waals surface area (Å²) in [6, 6.07) is 15.9. The molecule has 1 fully saturated rings. The number of rotatable bonds is 7. The van der Waals surface area contributed by atoms with E-state index in [0.29, 0.717) is 6.54 Å². The van der Waals surface area contributed by atoms with Crippen LogP contribution in [0.1, 0.15) is 37.8 Å². The van der Waals surface area contributed by atoms with Crippen LogP contribution in [0.25, 0.3) is 0 Å². The zero-order valence-electron chi connectivity index (χ0n) is 16.7. The number of hydrogen-bond donors (Lipinski definition) is 1. The van der Waals surface area contributed by atoms with Crippen molar-refractivity contribution in [3.05, 3.63) is 64.7 Å². The number of halogens is 1. The van der Waals surface area contributed by atoms with Crippen molar-refractivity contribution >= 4 is 17.5 Å². The molecule has 2 aromatic carbocycles. The van der Waals surface area contributed by atoms with Crippen LogP contribution in [-0.4, -0.2) is 30.0 Å². The quantitative estimate of drug-likeness (QED) is 0.735. The molecule has 150 valence electrons. The van der Waals surface area contributed by atoms with Gasteiger partial charge in [-0.3, -0.25) is 9.69 Å². The molecule has 0 saturated carbocycles. The molecule has 1 N–H and O–H groups in total. The van der Waals surface area contributed by atoms with Crippen LogP contribution in [0, 0.1) is 5.92 Å². The molecule has 0 unspecified atom stereocenters. The van der Waals surface area contributed by atoms with E-state index < -0.39 is 0 Å². The van der Waals surface area contributed by atoms with Crippen LogP contribution >= 0.6 is 11.6 Å². The lowest BCUT2D eigenvalue weighted by Gasteiger charge is -2.31. The van der Waals surface area contributed by atoms with Gasteiger partial charge in [0, 0.05) is 24.0 Å². The Morgan fingerprint density at radius 2 is 1.86 bits per heavy atom. The lowest BCUT2D eigenvalue weighted by atomic mass is 9.95.